The molecule has 0 aliphatic heterocycles. The van der Waals surface area contributed by atoms with Crippen LogP contribution in [0, 0.1) is 0 Å². The molecule has 6 nitrogen and oxygen atoms in total. The summed E-state index contributed by atoms with van der Waals surface area (Å²) >= 11 is 12.0. The normalized spacial score (nSPS) is 11.2. The third-order valence-corrected chi connectivity index (χ3v) is 3.50. The number of hydrogen-bond donors (Lipinski definition) is 2. The highest BCUT2D eigenvalue weighted by molar-refractivity contribution is 6.38. The Morgan fingerprint density at radius 1 is 0.955 bits per heavy atom. The average molecular weight is 334 g/mol. The number of azo groups is 1. The second-order valence-electron chi connectivity index (χ2n) is 4.31. The van der Waals surface area contributed by atoms with E-state index in [4.69, 9.17) is 23.2 Å². The van der Waals surface area contributed by atoms with E-state index in [1.54, 1.807) is 42.7 Å². The van der Waals surface area contributed by atoms with Crippen molar-refractivity contribution in [2.45, 2.75) is 0 Å². The van der Waals surface area contributed by atoms with Crippen LogP contribution in [-0.2, 0) is 0 Å². The highest BCUT2D eigenvalue weighted by Crippen LogP contribution is 2.34. The lowest BCUT2D eigenvalue weighted by atomic mass is 10.2. The van der Waals surface area contributed by atoms with Crippen LogP contribution < -0.4 is 5.56 Å². The molecular weight excluding hydrogens is 325 g/mol. The largest absolute Gasteiger partial charge is 0.295 e. The number of hydrogen-bond acceptors (Lipinski definition) is 4. The molecule has 0 amide bonds. The molecule has 8 heteroatoms. The third-order valence-electron chi connectivity index (χ3n) is 2.89. The number of halogens is 2. The van der Waals surface area contributed by atoms with E-state index in [0.29, 0.717) is 27.0 Å². The van der Waals surface area contributed by atoms with Gasteiger partial charge in [-0.3, -0.25) is 20.0 Å². The molecule has 0 aliphatic carbocycles. The van der Waals surface area contributed by atoms with E-state index >= 15 is 0 Å². The maximum atomic E-state index is 11.9. The monoisotopic (exact) mass is 333 g/mol. The summed E-state index contributed by atoms with van der Waals surface area (Å²) in [6, 6.07) is 8.55. The van der Waals surface area contributed by atoms with Gasteiger partial charge >= 0.3 is 0 Å². The molecule has 0 saturated carbocycles. The van der Waals surface area contributed by atoms with Crippen molar-refractivity contribution in [1.82, 2.24) is 15.2 Å². The molecule has 22 heavy (non-hydrogen) atoms. The van der Waals surface area contributed by atoms with Crippen molar-refractivity contribution in [1.29, 1.82) is 0 Å². The minimum atomic E-state index is -0.397. The maximum Gasteiger partial charge on any atom is 0.292 e. The molecule has 0 atom stereocenters. The Hall–Kier alpha value is -2.44. The van der Waals surface area contributed by atoms with Crippen molar-refractivity contribution >= 4 is 34.6 Å². The van der Waals surface area contributed by atoms with Gasteiger partial charge in [0.25, 0.3) is 5.56 Å². The highest BCUT2D eigenvalue weighted by Gasteiger charge is 2.12. The molecule has 0 unspecified atom stereocenters. The minimum absolute atomic E-state index is 0.129. The van der Waals surface area contributed by atoms with Crippen LogP contribution >= 0.6 is 23.2 Å². The summed E-state index contributed by atoms with van der Waals surface area (Å²) in [6.07, 6.45) is 3.25. The van der Waals surface area contributed by atoms with Crippen molar-refractivity contribution in [2.75, 3.05) is 0 Å². The second kappa shape index (κ2) is 6.13. The van der Waals surface area contributed by atoms with Crippen LogP contribution in [0.5, 0.6) is 0 Å². The van der Waals surface area contributed by atoms with Crippen LogP contribution in [0.4, 0.5) is 11.4 Å². The molecule has 0 spiro atoms. The number of H-pyrrole nitrogens is 2. The van der Waals surface area contributed by atoms with E-state index in [1.807, 2.05) is 0 Å². The van der Waals surface area contributed by atoms with Crippen LogP contribution in [-0.4, -0.2) is 15.2 Å². The lowest BCUT2D eigenvalue weighted by Gasteiger charge is -1.99. The van der Waals surface area contributed by atoms with Crippen LogP contribution in [0.25, 0.3) is 11.3 Å². The van der Waals surface area contributed by atoms with Crippen LogP contribution in [0.2, 0.25) is 10.0 Å². The van der Waals surface area contributed by atoms with Gasteiger partial charge in [-0.05, 0) is 24.3 Å². The first-order chi connectivity index (χ1) is 10.7. The fourth-order valence-corrected chi connectivity index (χ4v) is 2.32. The fourth-order valence-electron chi connectivity index (χ4n) is 1.85. The lowest BCUT2D eigenvalue weighted by molar-refractivity contribution is 1.06. The van der Waals surface area contributed by atoms with Crippen molar-refractivity contribution in [2.24, 2.45) is 10.2 Å². The molecule has 0 bridgehead atoms. The summed E-state index contributed by atoms with van der Waals surface area (Å²) in [5.74, 6) is 0. The SMILES string of the molecule is O=c1[nH][nH]c(-c2cccnc2)c1N=Nc1c(Cl)cccc1Cl. The van der Waals surface area contributed by atoms with E-state index in [9.17, 15) is 4.79 Å². The van der Waals surface area contributed by atoms with Gasteiger partial charge in [-0.2, -0.15) is 0 Å². The molecule has 2 aromatic heterocycles. The lowest BCUT2D eigenvalue weighted by Crippen LogP contribution is -1.96. The van der Waals surface area contributed by atoms with Crippen LogP contribution in [0.1, 0.15) is 0 Å². The van der Waals surface area contributed by atoms with E-state index in [1.165, 1.54) is 0 Å². The summed E-state index contributed by atoms with van der Waals surface area (Å²) in [6.45, 7) is 0. The highest BCUT2D eigenvalue weighted by atomic mass is 35.5. The standard InChI is InChI=1S/C14H9Cl2N5O/c15-9-4-1-5-10(16)12(9)19-20-13-11(18-21-14(13)22)8-3-2-6-17-7-8/h1-7H,(H2,18,21,22). The molecular formula is C14H9Cl2N5O. The first-order valence-corrected chi connectivity index (χ1v) is 6.99. The molecule has 2 heterocycles. The van der Waals surface area contributed by atoms with Gasteiger partial charge in [0, 0.05) is 18.0 Å². The number of nitrogens with one attached hydrogen (secondary N) is 2. The number of benzene rings is 1. The van der Waals surface area contributed by atoms with Crippen molar-refractivity contribution in [3.63, 3.8) is 0 Å². The van der Waals surface area contributed by atoms with Gasteiger partial charge in [0.15, 0.2) is 5.69 Å². The quantitative estimate of drug-likeness (QED) is 0.692. The van der Waals surface area contributed by atoms with Gasteiger partial charge < -0.3 is 0 Å². The molecule has 1 aromatic carbocycles. The van der Waals surface area contributed by atoms with E-state index in [0.717, 1.165) is 0 Å². The fraction of sp³-hybridized carbons (Fsp3) is 0. The van der Waals surface area contributed by atoms with Gasteiger partial charge in [0.1, 0.15) is 5.69 Å². The number of pyridine rings is 1. The van der Waals surface area contributed by atoms with Crippen LogP contribution in [0.15, 0.2) is 57.7 Å². The van der Waals surface area contributed by atoms with Crippen molar-refractivity contribution in [3.05, 3.63) is 63.1 Å². The summed E-state index contributed by atoms with van der Waals surface area (Å²) in [4.78, 5) is 15.9. The Labute approximate surface area is 134 Å². The molecule has 0 radical (unpaired) electrons. The Morgan fingerprint density at radius 3 is 2.36 bits per heavy atom. The first-order valence-electron chi connectivity index (χ1n) is 6.23. The Morgan fingerprint density at radius 2 is 1.68 bits per heavy atom. The van der Waals surface area contributed by atoms with E-state index in [2.05, 4.69) is 25.4 Å². The molecule has 0 fully saturated rings. The number of aromatic amines is 2. The minimum Gasteiger partial charge on any atom is -0.295 e. The van der Waals surface area contributed by atoms with Gasteiger partial charge in [-0.15, -0.1) is 10.2 Å². The molecule has 110 valence electrons. The second-order valence-corrected chi connectivity index (χ2v) is 5.13. The van der Waals surface area contributed by atoms with Gasteiger partial charge in [0.05, 0.1) is 15.7 Å². The average Bonchev–Trinajstić information content (AvgIpc) is 2.89. The Balaban J connectivity index is 2.05. The predicted octanol–water partition coefficient (Wildman–Crippen LogP) is 4.49. The first kappa shape index (κ1) is 14.5. The zero-order chi connectivity index (χ0) is 15.5. The number of aromatic nitrogens is 3. The third kappa shape index (κ3) is 2.79. The van der Waals surface area contributed by atoms with Gasteiger partial charge in [0.2, 0.25) is 0 Å². The number of rotatable bonds is 3. The molecule has 0 saturated heterocycles. The summed E-state index contributed by atoms with van der Waals surface area (Å²) < 4.78 is 0. The smallest absolute Gasteiger partial charge is 0.292 e. The zero-order valence-corrected chi connectivity index (χ0v) is 12.6. The van der Waals surface area contributed by atoms with Crippen molar-refractivity contribution in [3.8, 4) is 11.3 Å². The van der Waals surface area contributed by atoms with Gasteiger partial charge in [-0.1, -0.05) is 29.3 Å². The number of nitrogens with zero attached hydrogens (tertiary/aromatic N) is 3. The van der Waals surface area contributed by atoms with Crippen LogP contribution in [0.3, 0.4) is 0 Å². The zero-order valence-electron chi connectivity index (χ0n) is 11.0. The Bertz CT molecular complexity index is 865. The predicted molar refractivity (Wildman–Crippen MR) is 85.3 cm³/mol. The Kier molecular flexibility index (Phi) is 4.04. The molecule has 0 aliphatic rings. The summed E-state index contributed by atoms with van der Waals surface area (Å²) in [7, 11) is 0. The summed E-state index contributed by atoms with van der Waals surface area (Å²) in [5, 5.41) is 13.9. The van der Waals surface area contributed by atoms with Crippen molar-refractivity contribution < 1.29 is 0 Å². The van der Waals surface area contributed by atoms with E-state index in [-0.39, 0.29) is 5.69 Å². The molecule has 2 N–H and O–H groups in total. The topological polar surface area (TPSA) is 86.3 Å². The van der Waals surface area contributed by atoms with Gasteiger partial charge in [-0.25, -0.2) is 0 Å². The summed E-state index contributed by atoms with van der Waals surface area (Å²) in [5.41, 5.74) is 1.24. The van der Waals surface area contributed by atoms with E-state index < -0.39 is 5.56 Å². The molecule has 3 rings (SSSR count). The molecule has 3 aromatic rings. The maximum absolute atomic E-state index is 11.9.